The van der Waals surface area contributed by atoms with Crippen LogP contribution < -0.4 is 10.0 Å². The fraction of sp³-hybridized carbons (Fsp3) is 0.818. The number of carbonyl (C=O) groups is 2. The number of likely N-dealkylation sites (tertiary alicyclic amines) is 1. The van der Waals surface area contributed by atoms with Crippen LogP contribution in [-0.4, -0.2) is 37.7 Å². The standard InChI is InChI=1S/C11H19NO4/c1-2-16-11(15)9(8-10(13)14)12-6-4-3-5-7-12/h9H,2-8H2,1H3,(H,13,14)/t9-/m1/s1. The molecular weight excluding hydrogens is 210 g/mol. The highest BCUT2D eigenvalue weighted by Crippen LogP contribution is 1.99. The SMILES string of the molecule is CCOC(=O)[C@@H](CC(=O)[O-])[NH+]1CCCCC1. The van der Waals surface area contributed by atoms with Gasteiger partial charge in [0.25, 0.3) is 0 Å². The third-order valence-corrected chi connectivity index (χ3v) is 2.93. The first-order valence-corrected chi connectivity index (χ1v) is 5.86. The highest BCUT2D eigenvalue weighted by molar-refractivity contribution is 5.79. The minimum absolute atomic E-state index is 0.242. The summed E-state index contributed by atoms with van der Waals surface area (Å²) >= 11 is 0. The Morgan fingerprint density at radius 2 is 1.94 bits per heavy atom. The quantitative estimate of drug-likeness (QED) is 0.561. The number of rotatable bonds is 5. The van der Waals surface area contributed by atoms with E-state index in [9.17, 15) is 14.7 Å². The normalized spacial score (nSPS) is 19.1. The molecule has 5 nitrogen and oxygen atoms in total. The van der Waals surface area contributed by atoms with E-state index >= 15 is 0 Å². The summed E-state index contributed by atoms with van der Waals surface area (Å²) in [4.78, 5) is 23.3. The number of carboxylic acid groups (broad SMARTS) is 1. The molecule has 0 amide bonds. The number of nitrogens with one attached hydrogen (secondary N) is 1. The van der Waals surface area contributed by atoms with Gasteiger partial charge < -0.3 is 19.5 Å². The zero-order valence-electron chi connectivity index (χ0n) is 9.66. The summed E-state index contributed by atoms with van der Waals surface area (Å²) < 4.78 is 4.91. The molecular formula is C11H19NO4. The van der Waals surface area contributed by atoms with E-state index in [1.807, 2.05) is 0 Å². The molecule has 0 aromatic heterocycles. The van der Waals surface area contributed by atoms with Gasteiger partial charge in [-0.2, -0.15) is 0 Å². The van der Waals surface area contributed by atoms with E-state index in [1.54, 1.807) is 6.92 Å². The number of esters is 1. The van der Waals surface area contributed by atoms with Crippen LogP contribution in [0.25, 0.3) is 0 Å². The largest absolute Gasteiger partial charge is 0.550 e. The number of hydrogen-bond acceptors (Lipinski definition) is 4. The summed E-state index contributed by atoms with van der Waals surface area (Å²) in [5.41, 5.74) is 0. The van der Waals surface area contributed by atoms with Gasteiger partial charge in [0.15, 0.2) is 6.04 Å². The number of carboxylic acids is 1. The van der Waals surface area contributed by atoms with Crippen molar-refractivity contribution in [3.63, 3.8) is 0 Å². The Labute approximate surface area is 95.4 Å². The van der Waals surface area contributed by atoms with Gasteiger partial charge in [-0.05, 0) is 26.2 Å². The molecule has 0 unspecified atom stereocenters. The van der Waals surface area contributed by atoms with Crippen LogP contribution in [0.2, 0.25) is 0 Å². The third kappa shape index (κ3) is 3.81. The molecule has 1 saturated heterocycles. The molecule has 1 N–H and O–H groups in total. The highest BCUT2D eigenvalue weighted by Gasteiger charge is 2.32. The van der Waals surface area contributed by atoms with Crippen molar-refractivity contribution in [1.29, 1.82) is 0 Å². The molecule has 1 aliphatic rings. The molecule has 1 atom stereocenters. The summed E-state index contributed by atoms with van der Waals surface area (Å²) in [6.45, 7) is 3.70. The number of hydrogen-bond donors (Lipinski definition) is 1. The van der Waals surface area contributed by atoms with E-state index in [0.717, 1.165) is 37.3 Å². The first-order chi connectivity index (χ1) is 7.65. The fourth-order valence-electron chi connectivity index (χ4n) is 2.16. The van der Waals surface area contributed by atoms with Crippen molar-refractivity contribution in [1.82, 2.24) is 0 Å². The second-order valence-corrected chi connectivity index (χ2v) is 4.10. The highest BCUT2D eigenvalue weighted by atomic mass is 16.5. The Hall–Kier alpha value is -1.10. The number of carbonyl (C=O) groups excluding carboxylic acids is 2. The molecule has 1 rings (SSSR count). The minimum Gasteiger partial charge on any atom is -0.550 e. The molecule has 1 heterocycles. The van der Waals surface area contributed by atoms with Crippen LogP contribution in [0.5, 0.6) is 0 Å². The molecule has 0 aromatic rings. The van der Waals surface area contributed by atoms with Crippen LogP contribution in [0, 0.1) is 0 Å². The predicted molar refractivity (Wildman–Crippen MR) is 54.6 cm³/mol. The number of ether oxygens (including phenoxy) is 1. The summed E-state index contributed by atoms with van der Waals surface area (Å²) in [5, 5.41) is 10.6. The number of piperidine rings is 1. The van der Waals surface area contributed by atoms with Gasteiger partial charge in [0.05, 0.1) is 26.1 Å². The van der Waals surface area contributed by atoms with Gasteiger partial charge in [-0.15, -0.1) is 0 Å². The van der Waals surface area contributed by atoms with Gasteiger partial charge in [-0.25, -0.2) is 4.79 Å². The van der Waals surface area contributed by atoms with Crippen molar-refractivity contribution >= 4 is 11.9 Å². The van der Waals surface area contributed by atoms with Crippen LogP contribution in [0.1, 0.15) is 32.6 Å². The molecule has 0 aliphatic carbocycles. The monoisotopic (exact) mass is 229 g/mol. The predicted octanol–water partition coefficient (Wildman–Crippen LogP) is -1.87. The van der Waals surface area contributed by atoms with Crippen LogP contribution in [0.15, 0.2) is 0 Å². The average Bonchev–Trinajstić information content (AvgIpc) is 2.27. The van der Waals surface area contributed by atoms with Gasteiger partial charge in [0.1, 0.15) is 0 Å². The fourth-order valence-corrected chi connectivity index (χ4v) is 2.16. The smallest absolute Gasteiger partial charge is 0.365 e. The molecule has 1 fully saturated rings. The number of aliphatic carboxylic acids is 1. The van der Waals surface area contributed by atoms with Crippen LogP contribution in [0.3, 0.4) is 0 Å². The van der Waals surface area contributed by atoms with Gasteiger partial charge >= 0.3 is 5.97 Å². The second-order valence-electron chi connectivity index (χ2n) is 4.10. The zero-order valence-corrected chi connectivity index (χ0v) is 9.66. The van der Waals surface area contributed by atoms with E-state index in [4.69, 9.17) is 4.74 Å². The van der Waals surface area contributed by atoms with Gasteiger partial charge in [0.2, 0.25) is 0 Å². The van der Waals surface area contributed by atoms with Crippen molar-refractivity contribution in [3.05, 3.63) is 0 Å². The maximum absolute atomic E-state index is 11.6. The number of quaternary nitrogens is 1. The molecule has 0 radical (unpaired) electrons. The second kappa shape index (κ2) is 6.48. The Morgan fingerprint density at radius 1 is 1.31 bits per heavy atom. The Balaban J connectivity index is 2.60. The lowest BCUT2D eigenvalue weighted by molar-refractivity contribution is -0.921. The first kappa shape index (κ1) is 13.0. The molecule has 0 spiro atoms. The van der Waals surface area contributed by atoms with E-state index in [1.165, 1.54) is 0 Å². The van der Waals surface area contributed by atoms with Crippen molar-refractivity contribution in [2.45, 2.75) is 38.6 Å². The lowest BCUT2D eigenvalue weighted by atomic mass is 10.1. The first-order valence-electron chi connectivity index (χ1n) is 5.86. The summed E-state index contributed by atoms with van der Waals surface area (Å²) in [6, 6.07) is -0.592. The maximum atomic E-state index is 11.6. The van der Waals surface area contributed by atoms with Crippen molar-refractivity contribution in [2.24, 2.45) is 0 Å². The van der Waals surface area contributed by atoms with Gasteiger partial charge in [-0.3, -0.25) is 0 Å². The lowest BCUT2D eigenvalue weighted by Crippen LogP contribution is -3.17. The molecule has 92 valence electrons. The summed E-state index contributed by atoms with van der Waals surface area (Å²) in [7, 11) is 0. The zero-order chi connectivity index (χ0) is 12.0. The summed E-state index contributed by atoms with van der Waals surface area (Å²) in [5.74, 6) is -1.60. The Kier molecular flexibility index (Phi) is 5.25. The van der Waals surface area contributed by atoms with Crippen molar-refractivity contribution < 1.29 is 24.3 Å². The van der Waals surface area contributed by atoms with E-state index in [-0.39, 0.29) is 13.0 Å². The van der Waals surface area contributed by atoms with Crippen LogP contribution >= 0.6 is 0 Å². The van der Waals surface area contributed by atoms with Gasteiger partial charge in [0, 0.05) is 5.97 Å². The Morgan fingerprint density at radius 3 is 2.44 bits per heavy atom. The van der Waals surface area contributed by atoms with Crippen molar-refractivity contribution in [3.8, 4) is 0 Å². The van der Waals surface area contributed by atoms with Crippen LogP contribution in [0.4, 0.5) is 0 Å². The minimum atomic E-state index is -1.18. The lowest BCUT2D eigenvalue weighted by Gasteiger charge is -2.30. The molecule has 0 bridgehead atoms. The molecule has 0 aromatic carbocycles. The molecule has 5 heteroatoms. The molecule has 0 saturated carbocycles. The van der Waals surface area contributed by atoms with Gasteiger partial charge in [-0.1, -0.05) is 0 Å². The molecule has 16 heavy (non-hydrogen) atoms. The van der Waals surface area contributed by atoms with E-state index in [0.29, 0.717) is 0 Å². The Bertz CT molecular complexity index is 248. The van der Waals surface area contributed by atoms with E-state index < -0.39 is 18.0 Å². The molecule has 1 aliphatic heterocycles. The van der Waals surface area contributed by atoms with E-state index in [2.05, 4.69) is 0 Å². The third-order valence-electron chi connectivity index (χ3n) is 2.93. The van der Waals surface area contributed by atoms with Crippen molar-refractivity contribution in [2.75, 3.05) is 19.7 Å². The maximum Gasteiger partial charge on any atom is 0.365 e. The summed E-state index contributed by atoms with van der Waals surface area (Å²) in [6.07, 6.45) is 3.00. The average molecular weight is 229 g/mol. The topological polar surface area (TPSA) is 70.9 Å². The van der Waals surface area contributed by atoms with Crippen LogP contribution in [-0.2, 0) is 14.3 Å².